The van der Waals surface area contributed by atoms with Crippen LogP contribution in [0.25, 0.3) is 0 Å². The van der Waals surface area contributed by atoms with Gasteiger partial charge in [0, 0.05) is 19.1 Å². The van der Waals surface area contributed by atoms with Gasteiger partial charge in [0.1, 0.15) is 0 Å². The highest BCUT2D eigenvalue weighted by molar-refractivity contribution is 7.88. The second kappa shape index (κ2) is 6.55. The number of hydrogen-bond donors (Lipinski definition) is 2. The summed E-state index contributed by atoms with van der Waals surface area (Å²) in [6.07, 6.45) is -3.38. The SMILES string of the molecule is CC(NCCNS(C)(=O)=O)c1ccccc1C(F)(F)F. The molecular formula is C12H17F3N2O2S. The van der Waals surface area contributed by atoms with Gasteiger partial charge in [0.05, 0.1) is 11.8 Å². The van der Waals surface area contributed by atoms with E-state index in [2.05, 4.69) is 10.0 Å². The monoisotopic (exact) mass is 310 g/mol. The topological polar surface area (TPSA) is 58.2 Å². The summed E-state index contributed by atoms with van der Waals surface area (Å²) < 4.78 is 62.5. The normalized spacial score (nSPS) is 14.2. The van der Waals surface area contributed by atoms with Crippen LogP contribution in [0.2, 0.25) is 0 Å². The molecule has 0 aromatic heterocycles. The van der Waals surface area contributed by atoms with Crippen molar-refractivity contribution in [3.05, 3.63) is 35.4 Å². The quantitative estimate of drug-likeness (QED) is 0.789. The highest BCUT2D eigenvalue weighted by Crippen LogP contribution is 2.34. The zero-order valence-electron chi connectivity index (χ0n) is 11.2. The third kappa shape index (κ3) is 5.48. The van der Waals surface area contributed by atoms with E-state index in [1.807, 2.05) is 0 Å². The zero-order valence-corrected chi connectivity index (χ0v) is 12.0. The molecule has 1 aromatic rings. The van der Waals surface area contributed by atoms with E-state index in [1.54, 1.807) is 6.92 Å². The lowest BCUT2D eigenvalue weighted by molar-refractivity contribution is -0.138. The largest absolute Gasteiger partial charge is 0.416 e. The van der Waals surface area contributed by atoms with Gasteiger partial charge in [-0.05, 0) is 18.6 Å². The highest BCUT2D eigenvalue weighted by Gasteiger charge is 2.33. The van der Waals surface area contributed by atoms with Gasteiger partial charge in [-0.3, -0.25) is 0 Å². The van der Waals surface area contributed by atoms with Crippen molar-refractivity contribution in [1.29, 1.82) is 0 Å². The minimum atomic E-state index is -4.41. The molecule has 1 atom stereocenters. The molecule has 20 heavy (non-hydrogen) atoms. The van der Waals surface area contributed by atoms with Crippen molar-refractivity contribution in [1.82, 2.24) is 10.0 Å². The van der Waals surface area contributed by atoms with Crippen LogP contribution in [0.1, 0.15) is 24.1 Å². The summed E-state index contributed by atoms with van der Waals surface area (Å²) in [5.41, 5.74) is -0.546. The minimum absolute atomic E-state index is 0.122. The lowest BCUT2D eigenvalue weighted by Gasteiger charge is -2.19. The maximum absolute atomic E-state index is 12.8. The van der Waals surface area contributed by atoms with Crippen LogP contribution in [0.4, 0.5) is 13.2 Å². The summed E-state index contributed by atoms with van der Waals surface area (Å²) in [6, 6.07) is 4.78. The fourth-order valence-electron chi connectivity index (χ4n) is 1.77. The molecule has 0 aliphatic rings. The summed E-state index contributed by atoms with van der Waals surface area (Å²) in [4.78, 5) is 0. The van der Waals surface area contributed by atoms with Crippen molar-refractivity contribution < 1.29 is 21.6 Å². The summed E-state index contributed by atoms with van der Waals surface area (Å²) in [7, 11) is -3.29. The van der Waals surface area contributed by atoms with Crippen molar-refractivity contribution in [2.75, 3.05) is 19.3 Å². The molecule has 0 spiro atoms. The molecule has 1 aromatic carbocycles. The first-order valence-corrected chi connectivity index (χ1v) is 7.84. The summed E-state index contributed by atoms with van der Waals surface area (Å²) in [6.45, 7) is 1.96. The maximum atomic E-state index is 12.8. The van der Waals surface area contributed by atoms with Crippen LogP contribution in [-0.4, -0.2) is 27.8 Å². The van der Waals surface area contributed by atoms with Crippen molar-refractivity contribution in [3.8, 4) is 0 Å². The second-order valence-corrected chi connectivity index (χ2v) is 6.26. The molecule has 1 rings (SSSR count). The Morgan fingerprint density at radius 1 is 1.20 bits per heavy atom. The van der Waals surface area contributed by atoms with Crippen molar-refractivity contribution >= 4 is 10.0 Å². The Kier molecular flexibility index (Phi) is 5.55. The lowest BCUT2D eigenvalue weighted by Crippen LogP contribution is -2.32. The van der Waals surface area contributed by atoms with E-state index in [-0.39, 0.29) is 18.7 Å². The van der Waals surface area contributed by atoms with E-state index < -0.39 is 27.8 Å². The van der Waals surface area contributed by atoms with E-state index >= 15 is 0 Å². The molecule has 0 saturated carbocycles. The molecule has 2 N–H and O–H groups in total. The molecule has 0 saturated heterocycles. The molecular weight excluding hydrogens is 293 g/mol. The van der Waals surface area contributed by atoms with Crippen LogP contribution < -0.4 is 10.0 Å². The van der Waals surface area contributed by atoms with E-state index in [4.69, 9.17) is 0 Å². The standard InChI is InChI=1S/C12H17F3N2O2S/c1-9(16-7-8-17-20(2,18)19)10-5-3-4-6-11(10)12(13,14)15/h3-6,9,16-17H,7-8H2,1-2H3. The van der Waals surface area contributed by atoms with Crippen LogP contribution in [0.15, 0.2) is 24.3 Å². The van der Waals surface area contributed by atoms with Crippen molar-refractivity contribution in [3.63, 3.8) is 0 Å². The molecule has 0 aliphatic heterocycles. The number of nitrogens with one attached hydrogen (secondary N) is 2. The van der Waals surface area contributed by atoms with Crippen LogP contribution in [0.5, 0.6) is 0 Å². The van der Waals surface area contributed by atoms with E-state index in [1.165, 1.54) is 18.2 Å². The Labute approximate surface area is 116 Å². The highest BCUT2D eigenvalue weighted by atomic mass is 32.2. The summed E-state index contributed by atoms with van der Waals surface area (Å²) >= 11 is 0. The van der Waals surface area contributed by atoms with Gasteiger partial charge in [-0.15, -0.1) is 0 Å². The first-order chi connectivity index (χ1) is 9.11. The Morgan fingerprint density at radius 2 is 1.80 bits per heavy atom. The van der Waals surface area contributed by atoms with Crippen molar-refractivity contribution in [2.24, 2.45) is 0 Å². The van der Waals surface area contributed by atoms with Gasteiger partial charge in [-0.1, -0.05) is 18.2 Å². The maximum Gasteiger partial charge on any atom is 0.416 e. The van der Waals surface area contributed by atoms with Crippen LogP contribution in [0.3, 0.4) is 0 Å². The molecule has 0 radical (unpaired) electrons. The molecule has 0 bridgehead atoms. The Morgan fingerprint density at radius 3 is 2.35 bits per heavy atom. The molecule has 4 nitrogen and oxygen atoms in total. The lowest BCUT2D eigenvalue weighted by atomic mass is 10.0. The average molecular weight is 310 g/mol. The fraction of sp³-hybridized carbons (Fsp3) is 0.500. The Hall–Kier alpha value is -1.12. The van der Waals surface area contributed by atoms with Crippen LogP contribution >= 0.6 is 0 Å². The molecule has 0 fully saturated rings. The molecule has 114 valence electrons. The Bertz CT molecular complexity index is 544. The smallest absolute Gasteiger partial charge is 0.309 e. The minimum Gasteiger partial charge on any atom is -0.309 e. The number of sulfonamides is 1. The van der Waals surface area contributed by atoms with Gasteiger partial charge < -0.3 is 5.32 Å². The van der Waals surface area contributed by atoms with E-state index in [9.17, 15) is 21.6 Å². The number of halogens is 3. The van der Waals surface area contributed by atoms with Gasteiger partial charge in [0.2, 0.25) is 10.0 Å². The predicted molar refractivity (Wildman–Crippen MR) is 70.7 cm³/mol. The second-order valence-electron chi connectivity index (χ2n) is 4.43. The van der Waals surface area contributed by atoms with Crippen molar-refractivity contribution in [2.45, 2.75) is 19.1 Å². The first-order valence-electron chi connectivity index (χ1n) is 5.95. The molecule has 0 amide bonds. The fourth-order valence-corrected chi connectivity index (χ4v) is 2.24. The molecule has 0 heterocycles. The van der Waals surface area contributed by atoms with E-state index in [0.29, 0.717) is 0 Å². The molecule has 1 unspecified atom stereocenters. The molecule has 8 heteroatoms. The molecule has 0 aliphatic carbocycles. The van der Waals surface area contributed by atoms with Gasteiger partial charge in [-0.25, -0.2) is 13.1 Å². The van der Waals surface area contributed by atoms with Crippen LogP contribution in [-0.2, 0) is 16.2 Å². The number of hydrogen-bond acceptors (Lipinski definition) is 3. The average Bonchev–Trinajstić information content (AvgIpc) is 2.32. The van der Waals surface area contributed by atoms with Gasteiger partial charge in [0.15, 0.2) is 0 Å². The first kappa shape index (κ1) is 16.9. The number of benzene rings is 1. The number of rotatable bonds is 6. The predicted octanol–water partition coefficient (Wildman–Crippen LogP) is 1.91. The van der Waals surface area contributed by atoms with Gasteiger partial charge in [0.25, 0.3) is 0 Å². The van der Waals surface area contributed by atoms with E-state index in [0.717, 1.165) is 12.3 Å². The van der Waals surface area contributed by atoms with Gasteiger partial charge in [-0.2, -0.15) is 13.2 Å². The Balaban J connectivity index is 2.67. The van der Waals surface area contributed by atoms with Crippen LogP contribution in [0, 0.1) is 0 Å². The summed E-state index contributed by atoms with van der Waals surface area (Å²) in [5, 5.41) is 2.86. The summed E-state index contributed by atoms with van der Waals surface area (Å²) in [5.74, 6) is 0. The third-order valence-electron chi connectivity index (χ3n) is 2.67. The third-order valence-corrected chi connectivity index (χ3v) is 3.40. The zero-order chi connectivity index (χ0) is 15.4. The number of alkyl halides is 3. The van der Waals surface area contributed by atoms with Gasteiger partial charge >= 0.3 is 6.18 Å².